The number of nitrogens with zero attached hydrogens (tertiary/aromatic N) is 2. The average Bonchev–Trinajstić information content (AvgIpc) is 2.85. The van der Waals surface area contributed by atoms with Gasteiger partial charge in [0.15, 0.2) is 11.6 Å². The van der Waals surface area contributed by atoms with Crippen LogP contribution >= 0.6 is 0 Å². The molecule has 1 aliphatic rings. The molecule has 1 fully saturated rings. The Labute approximate surface area is 194 Å². The Morgan fingerprint density at radius 3 is 2.45 bits per heavy atom. The molecule has 1 atom stereocenters. The van der Waals surface area contributed by atoms with Crippen molar-refractivity contribution in [1.29, 1.82) is 0 Å². The summed E-state index contributed by atoms with van der Waals surface area (Å²) in [6.45, 7) is 4.24. The predicted molar refractivity (Wildman–Crippen MR) is 126 cm³/mol. The highest BCUT2D eigenvalue weighted by molar-refractivity contribution is 5.23. The Hall–Kier alpha value is -2.83. The zero-order valence-electron chi connectivity index (χ0n) is 18.8. The van der Waals surface area contributed by atoms with E-state index in [1.165, 1.54) is 18.2 Å². The van der Waals surface area contributed by atoms with Gasteiger partial charge in [-0.1, -0.05) is 30.3 Å². The third-order valence-corrected chi connectivity index (χ3v) is 6.26. The maximum absolute atomic E-state index is 13.7. The van der Waals surface area contributed by atoms with E-state index in [2.05, 4.69) is 15.2 Å². The van der Waals surface area contributed by atoms with Gasteiger partial charge in [-0.3, -0.25) is 9.88 Å². The van der Waals surface area contributed by atoms with E-state index < -0.39 is 0 Å². The van der Waals surface area contributed by atoms with Crippen LogP contribution in [0.25, 0.3) is 0 Å². The van der Waals surface area contributed by atoms with E-state index in [-0.39, 0.29) is 17.7 Å². The third-order valence-electron chi connectivity index (χ3n) is 6.26. The first-order valence-electron chi connectivity index (χ1n) is 11.7. The summed E-state index contributed by atoms with van der Waals surface area (Å²) in [5.41, 5.74) is 2.09. The number of nitrogens with one attached hydrogen (secondary N) is 1. The lowest BCUT2D eigenvalue weighted by molar-refractivity contribution is 0.150. The Morgan fingerprint density at radius 1 is 0.970 bits per heavy atom. The second-order valence-electron chi connectivity index (χ2n) is 8.61. The van der Waals surface area contributed by atoms with Crippen LogP contribution in [0.5, 0.6) is 5.75 Å². The molecular formula is C27H31F2N3O. The van der Waals surface area contributed by atoms with E-state index in [0.29, 0.717) is 18.3 Å². The molecule has 0 bridgehead atoms. The van der Waals surface area contributed by atoms with Crippen LogP contribution in [-0.4, -0.2) is 42.7 Å². The van der Waals surface area contributed by atoms with Crippen LogP contribution in [-0.2, 0) is 6.42 Å². The fraction of sp³-hybridized carbons (Fsp3) is 0.370. The molecule has 0 spiro atoms. The van der Waals surface area contributed by atoms with Crippen LogP contribution in [0.15, 0.2) is 72.9 Å². The van der Waals surface area contributed by atoms with Gasteiger partial charge in [-0.15, -0.1) is 0 Å². The van der Waals surface area contributed by atoms with Crippen molar-refractivity contribution in [1.82, 2.24) is 15.2 Å². The van der Waals surface area contributed by atoms with E-state index in [0.717, 1.165) is 56.7 Å². The molecule has 2 heterocycles. The highest BCUT2D eigenvalue weighted by Gasteiger charge is 2.21. The second kappa shape index (κ2) is 11.9. The summed E-state index contributed by atoms with van der Waals surface area (Å²) in [7, 11) is 0. The van der Waals surface area contributed by atoms with Gasteiger partial charge in [0.1, 0.15) is 12.4 Å². The van der Waals surface area contributed by atoms with Gasteiger partial charge in [0, 0.05) is 12.7 Å². The van der Waals surface area contributed by atoms with E-state index in [1.807, 2.05) is 36.5 Å². The third kappa shape index (κ3) is 7.07. The SMILES string of the molecule is Fc1ccc(CC(NCC2CCN(CCOc3ccccc3F)CC2)c2ccccn2)cc1. The van der Waals surface area contributed by atoms with Gasteiger partial charge in [-0.25, -0.2) is 8.78 Å². The first-order chi connectivity index (χ1) is 16.2. The van der Waals surface area contributed by atoms with E-state index in [4.69, 9.17) is 4.74 Å². The Balaban J connectivity index is 1.23. The van der Waals surface area contributed by atoms with Crippen molar-refractivity contribution in [2.75, 3.05) is 32.8 Å². The molecular weight excluding hydrogens is 420 g/mol. The van der Waals surface area contributed by atoms with Gasteiger partial charge in [-0.2, -0.15) is 0 Å². The summed E-state index contributed by atoms with van der Waals surface area (Å²) in [6.07, 6.45) is 4.80. The van der Waals surface area contributed by atoms with Crippen LogP contribution in [0, 0.1) is 17.6 Å². The minimum Gasteiger partial charge on any atom is -0.489 e. The fourth-order valence-electron chi connectivity index (χ4n) is 4.29. The average molecular weight is 452 g/mol. The van der Waals surface area contributed by atoms with E-state index in [1.54, 1.807) is 18.2 Å². The summed E-state index contributed by atoms with van der Waals surface area (Å²) < 4.78 is 32.6. The van der Waals surface area contributed by atoms with Gasteiger partial charge in [-0.05, 0) is 86.8 Å². The summed E-state index contributed by atoms with van der Waals surface area (Å²) in [5.74, 6) is 0.379. The highest BCUT2D eigenvalue weighted by atomic mass is 19.1. The Kier molecular flexibility index (Phi) is 8.39. The molecule has 1 N–H and O–H groups in total. The summed E-state index contributed by atoms with van der Waals surface area (Å²) in [4.78, 5) is 6.93. The van der Waals surface area contributed by atoms with Crippen molar-refractivity contribution < 1.29 is 13.5 Å². The Morgan fingerprint density at radius 2 is 1.73 bits per heavy atom. The zero-order chi connectivity index (χ0) is 22.9. The first-order valence-corrected chi connectivity index (χ1v) is 11.7. The van der Waals surface area contributed by atoms with Crippen molar-refractivity contribution in [3.05, 3.63) is 95.8 Å². The normalized spacial score (nSPS) is 15.9. The van der Waals surface area contributed by atoms with Crippen molar-refractivity contribution in [2.24, 2.45) is 5.92 Å². The van der Waals surface area contributed by atoms with Gasteiger partial charge in [0.25, 0.3) is 0 Å². The van der Waals surface area contributed by atoms with E-state index >= 15 is 0 Å². The van der Waals surface area contributed by atoms with Gasteiger partial charge in [0.05, 0.1) is 11.7 Å². The van der Waals surface area contributed by atoms with Crippen LogP contribution in [0.1, 0.15) is 30.1 Å². The number of hydrogen-bond donors (Lipinski definition) is 1. The van der Waals surface area contributed by atoms with Crippen LogP contribution < -0.4 is 10.1 Å². The standard InChI is InChI=1S/C27H31F2N3O/c28-23-10-8-21(9-11-23)19-26(25-6-3-4-14-30-25)31-20-22-12-15-32(16-13-22)17-18-33-27-7-2-1-5-24(27)29/h1-11,14,22,26,31H,12-13,15-20H2. The maximum atomic E-state index is 13.7. The van der Waals surface area contributed by atoms with Crippen LogP contribution in [0.4, 0.5) is 8.78 Å². The van der Waals surface area contributed by atoms with Crippen molar-refractivity contribution in [3.63, 3.8) is 0 Å². The minimum atomic E-state index is -0.314. The number of benzene rings is 2. The number of aromatic nitrogens is 1. The molecule has 2 aromatic carbocycles. The number of hydrogen-bond acceptors (Lipinski definition) is 4. The summed E-state index contributed by atoms with van der Waals surface area (Å²) in [6, 6.07) is 19.3. The molecule has 4 nitrogen and oxygen atoms in total. The molecule has 0 saturated carbocycles. The van der Waals surface area contributed by atoms with Crippen LogP contribution in [0.3, 0.4) is 0 Å². The number of para-hydroxylation sites is 1. The minimum absolute atomic E-state index is 0.0869. The van der Waals surface area contributed by atoms with Crippen LogP contribution in [0.2, 0.25) is 0 Å². The molecule has 4 rings (SSSR count). The summed E-state index contributed by atoms with van der Waals surface area (Å²) >= 11 is 0. The number of pyridine rings is 1. The second-order valence-corrected chi connectivity index (χ2v) is 8.61. The van der Waals surface area contributed by atoms with Crippen molar-refractivity contribution in [3.8, 4) is 5.75 Å². The molecule has 6 heteroatoms. The predicted octanol–water partition coefficient (Wildman–Crippen LogP) is 5.02. The molecule has 1 aliphatic heterocycles. The van der Waals surface area contributed by atoms with Gasteiger partial charge in [0.2, 0.25) is 0 Å². The quantitative estimate of drug-likeness (QED) is 0.470. The van der Waals surface area contributed by atoms with Crippen molar-refractivity contribution >= 4 is 0 Å². The number of piperidine rings is 1. The van der Waals surface area contributed by atoms with Gasteiger partial charge < -0.3 is 10.1 Å². The molecule has 0 aliphatic carbocycles. The lowest BCUT2D eigenvalue weighted by atomic mass is 9.95. The smallest absolute Gasteiger partial charge is 0.165 e. The summed E-state index contributed by atoms with van der Waals surface area (Å²) in [5, 5.41) is 3.71. The number of likely N-dealkylation sites (tertiary alicyclic amines) is 1. The largest absolute Gasteiger partial charge is 0.489 e. The van der Waals surface area contributed by atoms with E-state index in [9.17, 15) is 8.78 Å². The lowest BCUT2D eigenvalue weighted by Gasteiger charge is -2.32. The molecule has 1 unspecified atom stereocenters. The highest BCUT2D eigenvalue weighted by Crippen LogP contribution is 2.21. The molecule has 1 aromatic heterocycles. The molecule has 174 valence electrons. The molecule has 33 heavy (non-hydrogen) atoms. The molecule has 0 radical (unpaired) electrons. The molecule has 0 amide bonds. The zero-order valence-corrected chi connectivity index (χ0v) is 18.8. The lowest BCUT2D eigenvalue weighted by Crippen LogP contribution is -2.40. The number of ether oxygens (including phenoxy) is 1. The van der Waals surface area contributed by atoms with Gasteiger partial charge >= 0.3 is 0 Å². The maximum Gasteiger partial charge on any atom is 0.165 e. The number of rotatable bonds is 10. The monoisotopic (exact) mass is 451 g/mol. The topological polar surface area (TPSA) is 37.4 Å². The first kappa shape index (κ1) is 23.3. The Bertz CT molecular complexity index is 976. The molecule has 1 saturated heterocycles. The fourth-order valence-corrected chi connectivity index (χ4v) is 4.29. The number of halogens is 2. The van der Waals surface area contributed by atoms with Crippen molar-refractivity contribution in [2.45, 2.75) is 25.3 Å². The molecule has 3 aromatic rings.